The summed E-state index contributed by atoms with van der Waals surface area (Å²) in [6.07, 6.45) is 5.82. The third kappa shape index (κ3) is 1.75. The highest BCUT2D eigenvalue weighted by Crippen LogP contribution is 2.33. The summed E-state index contributed by atoms with van der Waals surface area (Å²) in [6, 6.07) is 3.79. The first-order chi connectivity index (χ1) is 6.81. The van der Waals surface area contributed by atoms with Gasteiger partial charge in [-0.25, -0.2) is 0 Å². The molecule has 0 N–H and O–H groups in total. The Morgan fingerprint density at radius 1 is 1.57 bits per heavy atom. The minimum absolute atomic E-state index is 0.150. The second-order valence-electron chi connectivity index (χ2n) is 3.30. The number of ether oxygens (including phenoxy) is 1. The summed E-state index contributed by atoms with van der Waals surface area (Å²) in [6.45, 7) is 0. The molecule has 0 saturated carbocycles. The van der Waals surface area contributed by atoms with Crippen LogP contribution < -0.4 is 4.74 Å². The predicted molar refractivity (Wildman–Crippen MR) is 57.6 cm³/mol. The first-order valence-corrected chi connectivity index (χ1v) is 5.09. The summed E-state index contributed by atoms with van der Waals surface area (Å²) < 4.78 is 5.25. The predicted octanol–water partition coefficient (Wildman–Crippen LogP) is 2.87. The lowest BCUT2D eigenvalue weighted by atomic mass is 10.1. The van der Waals surface area contributed by atoms with E-state index >= 15 is 0 Å². The van der Waals surface area contributed by atoms with Gasteiger partial charge in [-0.05, 0) is 30.5 Å². The van der Waals surface area contributed by atoms with Gasteiger partial charge >= 0.3 is 0 Å². The first-order valence-electron chi connectivity index (χ1n) is 4.65. The Hall–Kier alpha value is -1.02. The van der Waals surface area contributed by atoms with Crippen molar-refractivity contribution in [3.63, 3.8) is 0 Å². The fourth-order valence-electron chi connectivity index (χ4n) is 1.67. The standard InChI is InChI=1S/C11H12ClNO/c1-14-10-3-2-6-13-11(10)8-4-5-9(12)7-8/h2-3,6-7,9H,4-5H2,1H3. The van der Waals surface area contributed by atoms with E-state index < -0.39 is 0 Å². The summed E-state index contributed by atoms with van der Waals surface area (Å²) in [4.78, 5) is 4.31. The zero-order valence-electron chi connectivity index (χ0n) is 8.03. The van der Waals surface area contributed by atoms with Gasteiger partial charge in [-0.1, -0.05) is 6.08 Å². The summed E-state index contributed by atoms with van der Waals surface area (Å²) in [5.74, 6) is 0.824. The average Bonchev–Trinajstić information content (AvgIpc) is 2.65. The monoisotopic (exact) mass is 209 g/mol. The number of hydrogen-bond acceptors (Lipinski definition) is 2. The number of nitrogens with zero attached hydrogens (tertiary/aromatic N) is 1. The molecule has 74 valence electrons. The zero-order valence-corrected chi connectivity index (χ0v) is 8.79. The highest BCUT2D eigenvalue weighted by atomic mass is 35.5. The molecule has 0 amide bonds. The largest absolute Gasteiger partial charge is 0.494 e. The summed E-state index contributed by atoms with van der Waals surface area (Å²) in [5, 5.41) is 0.150. The lowest BCUT2D eigenvalue weighted by Gasteiger charge is -2.06. The van der Waals surface area contributed by atoms with Crippen molar-refractivity contribution in [2.75, 3.05) is 7.11 Å². The van der Waals surface area contributed by atoms with Crippen LogP contribution >= 0.6 is 11.6 Å². The van der Waals surface area contributed by atoms with E-state index in [-0.39, 0.29) is 5.38 Å². The molecule has 14 heavy (non-hydrogen) atoms. The van der Waals surface area contributed by atoms with Gasteiger partial charge in [-0.2, -0.15) is 0 Å². The van der Waals surface area contributed by atoms with Gasteiger partial charge in [0.25, 0.3) is 0 Å². The quantitative estimate of drug-likeness (QED) is 0.699. The van der Waals surface area contributed by atoms with E-state index in [0.717, 1.165) is 24.3 Å². The van der Waals surface area contributed by atoms with Crippen LogP contribution in [-0.2, 0) is 0 Å². The van der Waals surface area contributed by atoms with Crippen LogP contribution in [0, 0.1) is 0 Å². The van der Waals surface area contributed by atoms with E-state index in [0.29, 0.717) is 0 Å². The van der Waals surface area contributed by atoms with Crippen molar-refractivity contribution < 1.29 is 4.74 Å². The lowest BCUT2D eigenvalue weighted by molar-refractivity contribution is 0.411. The first kappa shape index (κ1) is 9.53. The van der Waals surface area contributed by atoms with Crippen LogP contribution in [0.5, 0.6) is 5.75 Å². The number of rotatable bonds is 2. The average molecular weight is 210 g/mol. The Labute approximate surface area is 88.6 Å². The summed E-state index contributed by atoms with van der Waals surface area (Å²) >= 11 is 6.01. The number of allylic oxidation sites excluding steroid dienone is 2. The van der Waals surface area contributed by atoms with Crippen molar-refractivity contribution in [1.29, 1.82) is 0 Å². The van der Waals surface area contributed by atoms with Crippen molar-refractivity contribution in [2.24, 2.45) is 0 Å². The molecule has 0 saturated heterocycles. The van der Waals surface area contributed by atoms with Crippen LogP contribution in [0.3, 0.4) is 0 Å². The van der Waals surface area contributed by atoms with Crippen molar-refractivity contribution in [3.05, 3.63) is 30.1 Å². The van der Waals surface area contributed by atoms with Crippen molar-refractivity contribution in [1.82, 2.24) is 4.98 Å². The molecule has 1 aromatic heterocycles. The minimum atomic E-state index is 0.150. The number of alkyl halides is 1. The molecule has 0 bridgehead atoms. The van der Waals surface area contributed by atoms with Crippen molar-refractivity contribution >= 4 is 17.2 Å². The van der Waals surface area contributed by atoms with E-state index in [2.05, 4.69) is 11.1 Å². The zero-order chi connectivity index (χ0) is 9.97. The van der Waals surface area contributed by atoms with E-state index in [1.54, 1.807) is 13.3 Å². The molecule has 0 aliphatic heterocycles. The minimum Gasteiger partial charge on any atom is -0.494 e. The smallest absolute Gasteiger partial charge is 0.144 e. The Morgan fingerprint density at radius 3 is 3.07 bits per heavy atom. The van der Waals surface area contributed by atoms with Gasteiger partial charge < -0.3 is 4.74 Å². The molecule has 1 aliphatic carbocycles. The highest BCUT2D eigenvalue weighted by Gasteiger charge is 2.17. The third-order valence-corrected chi connectivity index (χ3v) is 2.71. The topological polar surface area (TPSA) is 22.1 Å². The number of methoxy groups -OCH3 is 1. The number of hydrogen-bond donors (Lipinski definition) is 0. The van der Waals surface area contributed by atoms with Crippen LogP contribution in [-0.4, -0.2) is 17.5 Å². The van der Waals surface area contributed by atoms with Crippen LogP contribution in [0.1, 0.15) is 18.5 Å². The van der Waals surface area contributed by atoms with Crippen LogP contribution in [0.15, 0.2) is 24.4 Å². The van der Waals surface area contributed by atoms with E-state index in [4.69, 9.17) is 16.3 Å². The lowest BCUT2D eigenvalue weighted by Crippen LogP contribution is -1.92. The van der Waals surface area contributed by atoms with Gasteiger partial charge in [0.15, 0.2) is 0 Å². The molecule has 0 aromatic carbocycles. The maximum atomic E-state index is 6.01. The summed E-state index contributed by atoms with van der Waals surface area (Å²) in [7, 11) is 1.66. The molecule has 0 fully saturated rings. The van der Waals surface area contributed by atoms with Gasteiger partial charge in [0.1, 0.15) is 11.4 Å². The van der Waals surface area contributed by atoms with Gasteiger partial charge in [0, 0.05) is 6.20 Å². The molecule has 2 nitrogen and oxygen atoms in total. The molecular formula is C11H12ClNO. The Kier molecular flexibility index (Phi) is 2.73. The van der Waals surface area contributed by atoms with Crippen LogP contribution in [0.4, 0.5) is 0 Å². The Balaban J connectivity index is 2.36. The van der Waals surface area contributed by atoms with E-state index in [9.17, 15) is 0 Å². The molecule has 1 unspecified atom stereocenters. The number of halogens is 1. The van der Waals surface area contributed by atoms with Crippen molar-refractivity contribution in [3.8, 4) is 5.75 Å². The molecule has 1 aromatic rings. The van der Waals surface area contributed by atoms with E-state index in [1.807, 2.05) is 12.1 Å². The van der Waals surface area contributed by atoms with Gasteiger partial charge in [0.2, 0.25) is 0 Å². The third-order valence-electron chi connectivity index (χ3n) is 2.37. The molecule has 0 spiro atoms. The van der Waals surface area contributed by atoms with E-state index in [1.165, 1.54) is 5.57 Å². The SMILES string of the molecule is COc1cccnc1C1=CC(Cl)CC1. The van der Waals surface area contributed by atoms with Gasteiger partial charge in [-0.3, -0.25) is 4.98 Å². The highest BCUT2D eigenvalue weighted by molar-refractivity contribution is 6.22. The molecule has 1 heterocycles. The second-order valence-corrected chi connectivity index (χ2v) is 3.86. The normalized spacial score (nSPS) is 20.7. The van der Waals surface area contributed by atoms with Crippen LogP contribution in [0.2, 0.25) is 0 Å². The molecular weight excluding hydrogens is 198 g/mol. The molecule has 1 atom stereocenters. The maximum Gasteiger partial charge on any atom is 0.144 e. The van der Waals surface area contributed by atoms with Crippen LogP contribution in [0.25, 0.3) is 5.57 Å². The molecule has 3 heteroatoms. The Bertz CT molecular complexity index is 362. The molecule has 1 aliphatic rings. The van der Waals surface area contributed by atoms with Gasteiger partial charge in [0.05, 0.1) is 12.5 Å². The molecule has 2 rings (SSSR count). The number of aromatic nitrogens is 1. The maximum absolute atomic E-state index is 6.01. The fraction of sp³-hybridized carbons (Fsp3) is 0.364. The Morgan fingerprint density at radius 2 is 2.43 bits per heavy atom. The second kappa shape index (κ2) is 4.01. The van der Waals surface area contributed by atoms with Gasteiger partial charge in [-0.15, -0.1) is 11.6 Å². The molecule has 0 radical (unpaired) electrons. The van der Waals surface area contributed by atoms with Crippen molar-refractivity contribution in [2.45, 2.75) is 18.2 Å². The summed E-state index contributed by atoms with van der Waals surface area (Å²) in [5.41, 5.74) is 2.13. The fourth-order valence-corrected chi connectivity index (χ4v) is 1.93. The number of pyridine rings is 1.